The predicted molar refractivity (Wildman–Crippen MR) is 134 cm³/mol. The smallest absolute Gasteiger partial charge is 0.379 e. The van der Waals surface area contributed by atoms with E-state index in [2.05, 4.69) is 20.6 Å². The molecule has 3 heterocycles. The van der Waals surface area contributed by atoms with Gasteiger partial charge in [0.05, 0.1) is 22.8 Å². The highest BCUT2D eigenvalue weighted by molar-refractivity contribution is 6.42. The second-order valence-corrected chi connectivity index (χ2v) is 9.91. The Morgan fingerprint density at radius 3 is 2.54 bits per heavy atom. The number of anilines is 2. The van der Waals surface area contributed by atoms with Crippen molar-refractivity contribution in [2.75, 3.05) is 38.7 Å². The minimum atomic E-state index is -4.84. The molecular formula is C24H28Cl2F3N5O3. The molecule has 0 spiro atoms. The van der Waals surface area contributed by atoms with Crippen LogP contribution < -0.4 is 10.6 Å². The first-order valence-corrected chi connectivity index (χ1v) is 12.7. The van der Waals surface area contributed by atoms with Crippen molar-refractivity contribution in [3.8, 4) is 0 Å². The van der Waals surface area contributed by atoms with E-state index in [4.69, 9.17) is 32.7 Å². The summed E-state index contributed by atoms with van der Waals surface area (Å²) >= 11 is 12.0. The van der Waals surface area contributed by atoms with Gasteiger partial charge in [-0.1, -0.05) is 23.2 Å². The molecule has 1 amide bonds. The fraction of sp³-hybridized carbons (Fsp3) is 0.542. The lowest BCUT2D eigenvalue weighted by Gasteiger charge is -2.38. The van der Waals surface area contributed by atoms with Gasteiger partial charge in [0.25, 0.3) is 5.91 Å². The molecule has 0 bridgehead atoms. The van der Waals surface area contributed by atoms with Crippen molar-refractivity contribution in [1.29, 1.82) is 0 Å². The zero-order valence-electron chi connectivity index (χ0n) is 20.4. The normalized spacial score (nSPS) is 21.2. The molecule has 8 nitrogen and oxygen atoms in total. The first kappa shape index (κ1) is 27.8. The topological polar surface area (TPSA) is 88.6 Å². The molecule has 1 aromatic heterocycles. The van der Waals surface area contributed by atoms with Crippen molar-refractivity contribution in [2.24, 2.45) is 0 Å². The van der Waals surface area contributed by atoms with E-state index in [9.17, 15) is 18.0 Å². The number of hydrogen-bond donors (Lipinski definition) is 2. The summed E-state index contributed by atoms with van der Waals surface area (Å²) in [5.74, 6) is -2.10. The van der Waals surface area contributed by atoms with Crippen LogP contribution in [0.1, 0.15) is 41.1 Å². The largest absolute Gasteiger partial charge is 0.451 e. The Labute approximate surface area is 222 Å². The molecule has 13 heteroatoms. The molecule has 2 aliphatic heterocycles. The number of amides is 1. The summed E-state index contributed by atoms with van der Waals surface area (Å²) in [5.41, 5.74) is 0.284. The number of carbonyl (C=O) groups is 1. The highest BCUT2D eigenvalue weighted by atomic mass is 35.5. The van der Waals surface area contributed by atoms with Crippen LogP contribution in [0.15, 0.2) is 18.2 Å². The third-order valence-corrected chi connectivity index (χ3v) is 7.36. The van der Waals surface area contributed by atoms with Gasteiger partial charge < -0.3 is 25.0 Å². The van der Waals surface area contributed by atoms with Gasteiger partial charge in [-0.3, -0.25) is 4.79 Å². The quantitative estimate of drug-likeness (QED) is 0.521. The van der Waals surface area contributed by atoms with Crippen LogP contribution in [-0.2, 0) is 15.7 Å². The molecular weight excluding hydrogens is 534 g/mol. The van der Waals surface area contributed by atoms with E-state index in [0.29, 0.717) is 49.9 Å². The van der Waals surface area contributed by atoms with Crippen molar-refractivity contribution in [2.45, 2.75) is 50.6 Å². The number of aromatic nitrogens is 2. The minimum absolute atomic E-state index is 0.0423. The minimum Gasteiger partial charge on any atom is -0.379 e. The summed E-state index contributed by atoms with van der Waals surface area (Å²) in [6.45, 7) is 3.47. The van der Waals surface area contributed by atoms with Gasteiger partial charge in [0.2, 0.25) is 5.82 Å². The fourth-order valence-electron chi connectivity index (χ4n) is 4.52. The predicted octanol–water partition coefficient (Wildman–Crippen LogP) is 4.85. The van der Waals surface area contributed by atoms with Crippen LogP contribution in [0.25, 0.3) is 0 Å². The third-order valence-electron chi connectivity index (χ3n) is 6.62. The van der Waals surface area contributed by atoms with Crippen molar-refractivity contribution in [1.82, 2.24) is 20.2 Å². The first-order valence-electron chi connectivity index (χ1n) is 11.9. The Balaban J connectivity index is 1.50. The van der Waals surface area contributed by atoms with Gasteiger partial charge in [-0.25, -0.2) is 9.97 Å². The number of carbonyl (C=O) groups excluding carboxylic acids is 1. The second-order valence-electron chi connectivity index (χ2n) is 9.10. The number of ether oxygens (including phenoxy) is 2. The lowest BCUT2D eigenvalue weighted by Crippen LogP contribution is -2.54. The van der Waals surface area contributed by atoms with Gasteiger partial charge in [-0.2, -0.15) is 13.2 Å². The van der Waals surface area contributed by atoms with E-state index in [0.717, 1.165) is 6.42 Å². The van der Waals surface area contributed by atoms with Crippen molar-refractivity contribution in [3.05, 3.63) is 45.3 Å². The van der Waals surface area contributed by atoms with E-state index < -0.39 is 17.9 Å². The fourth-order valence-corrected chi connectivity index (χ4v) is 4.82. The molecule has 2 aromatic rings. The van der Waals surface area contributed by atoms with Crippen LogP contribution in [0.3, 0.4) is 0 Å². The summed E-state index contributed by atoms with van der Waals surface area (Å²) in [6.07, 6.45) is -2.74. The molecule has 0 aliphatic carbocycles. The van der Waals surface area contributed by atoms with Crippen molar-refractivity contribution < 1.29 is 27.4 Å². The molecule has 2 saturated heterocycles. The maximum atomic E-state index is 13.6. The Bertz CT molecular complexity index is 1130. The molecule has 0 radical (unpaired) electrons. The number of hydrogen-bond acceptors (Lipinski definition) is 7. The number of piperidine rings is 1. The summed E-state index contributed by atoms with van der Waals surface area (Å²) in [5, 5.41) is 6.93. The zero-order valence-corrected chi connectivity index (χ0v) is 21.9. The number of nitrogens with one attached hydrogen (secondary N) is 2. The number of benzene rings is 1. The molecule has 4 rings (SSSR count). The van der Waals surface area contributed by atoms with E-state index in [-0.39, 0.29) is 40.3 Å². The number of methoxy groups -OCH3 is 1. The third kappa shape index (κ3) is 6.64. The number of alkyl halides is 3. The van der Waals surface area contributed by atoms with Crippen molar-refractivity contribution in [3.63, 3.8) is 0 Å². The molecule has 1 aromatic carbocycles. The Hall–Kier alpha value is -2.18. The number of rotatable bonds is 6. The van der Waals surface area contributed by atoms with Crippen LogP contribution in [0.5, 0.6) is 0 Å². The van der Waals surface area contributed by atoms with Crippen LogP contribution in [0.4, 0.5) is 24.7 Å². The zero-order chi connectivity index (χ0) is 26.7. The molecule has 2 N–H and O–H groups in total. The van der Waals surface area contributed by atoms with E-state index in [1.807, 2.05) is 0 Å². The summed E-state index contributed by atoms with van der Waals surface area (Å²) < 4.78 is 51.9. The van der Waals surface area contributed by atoms with Crippen LogP contribution >= 0.6 is 23.2 Å². The second kappa shape index (κ2) is 11.7. The molecule has 2 aliphatic rings. The maximum absolute atomic E-state index is 13.6. The summed E-state index contributed by atoms with van der Waals surface area (Å²) in [7, 11) is 1.65. The standard InChI is InChI=1S/C24H28Cl2F3N5O3/c1-13-20(22(35)34-8-5-14(6-9-34)30-18-7-10-37-12-19(18)36-2)32-23(24(27,28)29)33-21(13)31-15-3-4-16(25)17(26)11-15/h3-4,11,14,18-19,30H,5-10,12H2,1-2H3,(H,31,32,33)/t18-,19+/m1/s1. The first-order chi connectivity index (χ1) is 17.6. The highest BCUT2D eigenvalue weighted by Crippen LogP contribution is 2.32. The van der Waals surface area contributed by atoms with Gasteiger partial charge in [0, 0.05) is 50.1 Å². The van der Waals surface area contributed by atoms with Crippen LogP contribution in [0.2, 0.25) is 10.0 Å². The molecule has 2 fully saturated rings. The molecule has 2 atom stereocenters. The Morgan fingerprint density at radius 2 is 1.89 bits per heavy atom. The monoisotopic (exact) mass is 561 g/mol. The molecule has 202 valence electrons. The summed E-state index contributed by atoms with van der Waals surface area (Å²) in [4.78, 5) is 22.2. The Kier molecular flexibility index (Phi) is 8.80. The maximum Gasteiger partial charge on any atom is 0.451 e. The number of nitrogens with zero attached hydrogens (tertiary/aromatic N) is 3. The van der Waals surface area contributed by atoms with Gasteiger partial charge in [0.1, 0.15) is 11.5 Å². The van der Waals surface area contributed by atoms with Crippen LogP contribution in [-0.4, -0.2) is 72.4 Å². The molecule has 37 heavy (non-hydrogen) atoms. The van der Waals surface area contributed by atoms with E-state index in [1.165, 1.54) is 24.0 Å². The Morgan fingerprint density at radius 1 is 1.16 bits per heavy atom. The lowest BCUT2D eigenvalue weighted by molar-refractivity contribution is -0.144. The average molecular weight is 562 g/mol. The van der Waals surface area contributed by atoms with Gasteiger partial charge in [-0.05, 0) is 44.4 Å². The van der Waals surface area contributed by atoms with Crippen LogP contribution in [0, 0.1) is 6.92 Å². The lowest BCUT2D eigenvalue weighted by atomic mass is 9.99. The summed E-state index contributed by atoms with van der Waals surface area (Å²) in [6, 6.07) is 4.83. The molecule has 0 unspecified atom stereocenters. The number of halogens is 5. The van der Waals surface area contributed by atoms with E-state index in [1.54, 1.807) is 13.2 Å². The van der Waals surface area contributed by atoms with E-state index >= 15 is 0 Å². The number of likely N-dealkylation sites (tertiary alicyclic amines) is 1. The van der Waals surface area contributed by atoms with Gasteiger partial charge in [0.15, 0.2) is 0 Å². The van der Waals surface area contributed by atoms with Gasteiger partial charge >= 0.3 is 6.18 Å². The highest BCUT2D eigenvalue weighted by Gasteiger charge is 2.38. The van der Waals surface area contributed by atoms with Gasteiger partial charge in [-0.15, -0.1) is 0 Å². The molecule has 0 saturated carbocycles. The van der Waals surface area contributed by atoms with Crippen molar-refractivity contribution >= 4 is 40.6 Å². The SMILES string of the molecule is CO[C@H]1COCC[C@H]1NC1CCN(C(=O)c2nc(C(F)(F)F)nc(Nc3ccc(Cl)c(Cl)c3)c2C)CC1. The average Bonchev–Trinajstić information content (AvgIpc) is 2.87.